The standard InChI is InChI=1S/C22H25F3N4O2S/c1-12(2)18-26-20(30)17-19(27-21(32-17)28-8-9-31-13(3)10-28)29(18)11-15-6-5-7-16(14(15)4)22(23,24)25/h5-7,12-13H,8-11H2,1-4H3. The molecule has 1 fully saturated rings. The molecule has 0 bridgehead atoms. The molecule has 10 heteroatoms. The highest BCUT2D eigenvalue weighted by Crippen LogP contribution is 2.34. The van der Waals surface area contributed by atoms with E-state index in [1.165, 1.54) is 24.3 Å². The zero-order valence-corrected chi connectivity index (χ0v) is 19.2. The van der Waals surface area contributed by atoms with Crippen LogP contribution in [0.15, 0.2) is 23.0 Å². The van der Waals surface area contributed by atoms with E-state index in [1.54, 1.807) is 10.6 Å². The van der Waals surface area contributed by atoms with Gasteiger partial charge in [0.1, 0.15) is 10.5 Å². The topological polar surface area (TPSA) is 60.2 Å². The maximum atomic E-state index is 13.4. The van der Waals surface area contributed by atoms with Crippen molar-refractivity contribution in [2.24, 2.45) is 0 Å². The average molecular weight is 467 g/mol. The lowest BCUT2D eigenvalue weighted by molar-refractivity contribution is -0.138. The fourth-order valence-electron chi connectivity index (χ4n) is 4.00. The van der Waals surface area contributed by atoms with Gasteiger partial charge in [0.15, 0.2) is 10.8 Å². The van der Waals surface area contributed by atoms with Gasteiger partial charge in [0, 0.05) is 19.0 Å². The summed E-state index contributed by atoms with van der Waals surface area (Å²) < 4.78 is 48.1. The Morgan fingerprint density at radius 1 is 1.28 bits per heavy atom. The third-order valence-corrected chi connectivity index (χ3v) is 6.74. The summed E-state index contributed by atoms with van der Waals surface area (Å²) in [6.07, 6.45) is -4.38. The molecular weight excluding hydrogens is 441 g/mol. The number of halogens is 3. The zero-order valence-electron chi connectivity index (χ0n) is 18.4. The molecule has 32 heavy (non-hydrogen) atoms. The number of hydrogen-bond acceptors (Lipinski definition) is 6. The molecule has 0 spiro atoms. The molecule has 0 amide bonds. The zero-order chi connectivity index (χ0) is 23.2. The predicted octanol–water partition coefficient (Wildman–Crippen LogP) is 4.58. The molecule has 0 aliphatic carbocycles. The second-order valence-corrected chi connectivity index (χ2v) is 9.36. The maximum absolute atomic E-state index is 13.4. The summed E-state index contributed by atoms with van der Waals surface area (Å²) in [6.45, 7) is 9.30. The van der Waals surface area contributed by atoms with Gasteiger partial charge in [-0.15, -0.1) is 0 Å². The second-order valence-electron chi connectivity index (χ2n) is 8.38. The van der Waals surface area contributed by atoms with Crippen LogP contribution >= 0.6 is 11.3 Å². The van der Waals surface area contributed by atoms with E-state index in [0.29, 0.717) is 46.6 Å². The summed E-state index contributed by atoms with van der Waals surface area (Å²) in [7, 11) is 0. The number of fused-ring (bicyclic) bond motifs is 1. The number of thiazole rings is 1. The van der Waals surface area contributed by atoms with Gasteiger partial charge < -0.3 is 14.2 Å². The molecule has 6 nitrogen and oxygen atoms in total. The molecular formula is C22H25F3N4O2S. The third-order valence-electron chi connectivity index (χ3n) is 5.65. The van der Waals surface area contributed by atoms with E-state index in [4.69, 9.17) is 9.72 Å². The molecule has 172 valence electrons. The van der Waals surface area contributed by atoms with Crippen molar-refractivity contribution in [1.82, 2.24) is 14.5 Å². The normalized spacial score (nSPS) is 17.5. The SMILES string of the molecule is Cc1c(Cn2c(C(C)C)nc(=O)c3sc(N4CCOC(C)C4)nc32)cccc1C(F)(F)F. The Bertz CT molecular complexity index is 1200. The quantitative estimate of drug-likeness (QED) is 0.564. The molecule has 2 aromatic heterocycles. The first-order valence-electron chi connectivity index (χ1n) is 10.5. The van der Waals surface area contributed by atoms with Crippen LogP contribution in [-0.2, 0) is 17.5 Å². The summed E-state index contributed by atoms with van der Waals surface area (Å²) in [6, 6.07) is 4.17. The number of morpholine rings is 1. The summed E-state index contributed by atoms with van der Waals surface area (Å²) >= 11 is 1.27. The molecule has 1 atom stereocenters. The molecule has 1 aliphatic heterocycles. The minimum Gasteiger partial charge on any atom is -0.375 e. The highest BCUT2D eigenvalue weighted by Gasteiger charge is 2.33. The first kappa shape index (κ1) is 22.7. The molecule has 1 aliphatic rings. The average Bonchev–Trinajstić information content (AvgIpc) is 3.16. The largest absolute Gasteiger partial charge is 0.416 e. The Morgan fingerprint density at radius 3 is 2.69 bits per heavy atom. The van der Waals surface area contributed by atoms with Crippen LogP contribution in [-0.4, -0.2) is 40.3 Å². The van der Waals surface area contributed by atoms with Gasteiger partial charge in [-0.3, -0.25) is 4.79 Å². The number of nitrogens with zero attached hydrogens (tertiary/aromatic N) is 4. The van der Waals surface area contributed by atoms with Crippen LogP contribution in [0.25, 0.3) is 10.3 Å². The summed E-state index contributed by atoms with van der Waals surface area (Å²) in [4.78, 5) is 23.9. The van der Waals surface area contributed by atoms with Crippen LogP contribution in [0.5, 0.6) is 0 Å². The number of aromatic nitrogens is 3. The highest BCUT2D eigenvalue weighted by molar-refractivity contribution is 7.22. The van der Waals surface area contributed by atoms with Crippen molar-refractivity contribution in [3.8, 4) is 0 Å². The van der Waals surface area contributed by atoms with Gasteiger partial charge in [-0.25, -0.2) is 4.98 Å². The molecule has 1 aromatic carbocycles. The van der Waals surface area contributed by atoms with Crippen molar-refractivity contribution in [3.63, 3.8) is 0 Å². The lowest BCUT2D eigenvalue weighted by Gasteiger charge is -2.30. The molecule has 0 saturated carbocycles. The Balaban J connectivity index is 1.85. The van der Waals surface area contributed by atoms with E-state index in [9.17, 15) is 18.0 Å². The van der Waals surface area contributed by atoms with Gasteiger partial charge in [-0.2, -0.15) is 18.2 Å². The van der Waals surface area contributed by atoms with Gasteiger partial charge in [0.25, 0.3) is 5.56 Å². The molecule has 4 rings (SSSR count). The highest BCUT2D eigenvalue weighted by atomic mass is 32.1. The fourth-order valence-corrected chi connectivity index (χ4v) is 4.99. The molecule has 1 unspecified atom stereocenters. The maximum Gasteiger partial charge on any atom is 0.416 e. The number of benzene rings is 1. The Labute approximate surface area is 187 Å². The summed E-state index contributed by atoms with van der Waals surface area (Å²) in [5.41, 5.74) is 0.130. The van der Waals surface area contributed by atoms with Crippen LogP contribution < -0.4 is 10.5 Å². The summed E-state index contributed by atoms with van der Waals surface area (Å²) in [5, 5.41) is 0.699. The van der Waals surface area contributed by atoms with E-state index >= 15 is 0 Å². The number of rotatable bonds is 4. The van der Waals surface area contributed by atoms with Gasteiger partial charge in [-0.05, 0) is 31.0 Å². The van der Waals surface area contributed by atoms with Crippen molar-refractivity contribution < 1.29 is 17.9 Å². The minimum absolute atomic E-state index is 0.0479. The molecule has 3 aromatic rings. The predicted molar refractivity (Wildman–Crippen MR) is 119 cm³/mol. The molecule has 0 N–H and O–H groups in total. The van der Waals surface area contributed by atoms with E-state index < -0.39 is 11.7 Å². The molecule has 0 radical (unpaired) electrons. The van der Waals surface area contributed by atoms with Crippen molar-refractivity contribution in [3.05, 3.63) is 51.1 Å². The van der Waals surface area contributed by atoms with Gasteiger partial charge in [-0.1, -0.05) is 37.3 Å². The van der Waals surface area contributed by atoms with Crippen molar-refractivity contribution in [1.29, 1.82) is 0 Å². The smallest absolute Gasteiger partial charge is 0.375 e. The fraction of sp³-hybridized carbons (Fsp3) is 0.500. The van der Waals surface area contributed by atoms with Crippen LogP contribution in [0.4, 0.5) is 18.3 Å². The van der Waals surface area contributed by atoms with E-state index in [0.717, 1.165) is 6.07 Å². The third kappa shape index (κ3) is 4.25. The van der Waals surface area contributed by atoms with E-state index in [2.05, 4.69) is 9.88 Å². The summed E-state index contributed by atoms with van der Waals surface area (Å²) in [5.74, 6) is 0.401. The Hall–Kier alpha value is -2.46. The van der Waals surface area contributed by atoms with E-state index in [-0.39, 0.29) is 29.7 Å². The number of anilines is 1. The lowest BCUT2D eigenvalue weighted by atomic mass is 10.0. The number of ether oxygens (including phenoxy) is 1. The minimum atomic E-state index is -4.43. The van der Waals surface area contributed by atoms with Crippen molar-refractivity contribution >= 4 is 26.8 Å². The first-order valence-corrected chi connectivity index (χ1v) is 11.3. The van der Waals surface area contributed by atoms with Gasteiger partial charge in [0.2, 0.25) is 0 Å². The molecule has 1 saturated heterocycles. The van der Waals surface area contributed by atoms with Gasteiger partial charge >= 0.3 is 6.18 Å². The van der Waals surface area contributed by atoms with E-state index in [1.807, 2.05) is 20.8 Å². The van der Waals surface area contributed by atoms with Crippen LogP contribution in [0, 0.1) is 6.92 Å². The monoisotopic (exact) mass is 466 g/mol. The second kappa shape index (κ2) is 8.47. The first-order chi connectivity index (χ1) is 15.1. The van der Waals surface area contributed by atoms with Crippen molar-refractivity contribution in [2.45, 2.75) is 52.4 Å². The van der Waals surface area contributed by atoms with Crippen LogP contribution in [0.1, 0.15) is 49.2 Å². The lowest BCUT2D eigenvalue weighted by Crippen LogP contribution is -2.41. The van der Waals surface area contributed by atoms with Crippen LogP contribution in [0.3, 0.4) is 0 Å². The van der Waals surface area contributed by atoms with Crippen LogP contribution in [0.2, 0.25) is 0 Å². The molecule has 3 heterocycles. The Morgan fingerprint density at radius 2 is 2.03 bits per heavy atom. The van der Waals surface area contributed by atoms with Crippen molar-refractivity contribution in [2.75, 3.05) is 24.6 Å². The Kier molecular flexibility index (Phi) is 6.02. The van der Waals surface area contributed by atoms with Gasteiger partial charge in [0.05, 0.1) is 24.8 Å². The number of alkyl halides is 3. The number of hydrogen-bond donors (Lipinski definition) is 0.